The Morgan fingerprint density at radius 1 is 1.16 bits per heavy atom. The van der Waals surface area contributed by atoms with E-state index in [0.717, 1.165) is 23.4 Å². The fourth-order valence-electron chi connectivity index (χ4n) is 3.82. The highest BCUT2D eigenvalue weighted by Gasteiger charge is 2.32. The summed E-state index contributed by atoms with van der Waals surface area (Å²) in [5.41, 5.74) is 5.57. The monoisotopic (exact) mass is 347 g/mol. The second-order valence-corrected chi connectivity index (χ2v) is 6.75. The fourth-order valence-corrected chi connectivity index (χ4v) is 3.99. The summed E-state index contributed by atoms with van der Waals surface area (Å²) in [6.07, 6.45) is 4.37. The van der Waals surface area contributed by atoms with Gasteiger partial charge in [-0.3, -0.25) is 9.20 Å². The molecule has 0 spiro atoms. The van der Waals surface area contributed by atoms with Gasteiger partial charge in [-0.25, -0.2) is 4.98 Å². The lowest BCUT2D eigenvalue weighted by atomic mass is 9.92. The summed E-state index contributed by atoms with van der Waals surface area (Å²) in [4.78, 5) is 19.6. The number of rotatable bonds is 2. The number of nitrogens with one attached hydrogen (secondary N) is 1. The van der Waals surface area contributed by atoms with Crippen molar-refractivity contribution in [2.75, 3.05) is 0 Å². The minimum Gasteiger partial charge on any atom is -0.317 e. The highest BCUT2D eigenvalue weighted by Crippen LogP contribution is 2.45. The van der Waals surface area contributed by atoms with Crippen molar-refractivity contribution in [2.24, 2.45) is 0 Å². The van der Waals surface area contributed by atoms with Crippen LogP contribution in [0.4, 0.5) is 0 Å². The molecule has 0 bridgehead atoms. The molecule has 2 aromatic carbocycles. The first-order valence-corrected chi connectivity index (χ1v) is 8.53. The molecule has 0 radical (unpaired) electrons. The summed E-state index contributed by atoms with van der Waals surface area (Å²) in [5.74, 6) is 0.137. The van der Waals surface area contributed by atoms with Gasteiger partial charge in [-0.15, -0.1) is 0 Å². The number of hydrogen-bond donors (Lipinski definition) is 1. The smallest absolute Gasteiger partial charge is 0.292 e. The number of halogens is 1. The van der Waals surface area contributed by atoms with E-state index in [0.29, 0.717) is 10.7 Å². The van der Waals surface area contributed by atoms with E-state index in [9.17, 15) is 4.79 Å². The van der Waals surface area contributed by atoms with Crippen LogP contribution in [0.2, 0.25) is 5.02 Å². The quantitative estimate of drug-likeness (QED) is 0.595. The van der Waals surface area contributed by atoms with Gasteiger partial charge in [0.05, 0.1) is 11.4 Å². The lowest BCUT2D eigenvalue weighted by Gasteiger charge is -2.15. The SMILES string of the molecule is O=c1[nH]c2c(n3ccnc13)C(Cc1ccccc1)c1ccc(Cl)cc1-2. The predicted molar refractivity (Wildman–Crippen MR) is 98.2 cm³/mol. The zero-order chi connectivity index (χ0) is 17.0. The van der Waals surface area contributed by atoms with Crippen molar-refractivity contribution in [3.05, 3.63) is 93.1 Å². The molecule has 0 amide bonds. The van der Waals surface area contributed by atoms with E-state index in [1.165, 1.54) is 11.1 Å². The standard InChI is InChI=1S/C20H14ClN3O/c21-13-6-7-14-15(11-13)17-18(16(14)10-12-4-2-1-3-5-12)24-9-8-22-19(24)20(25)23-17/h1-9,11,16H,10H2,(H,23,25). The topological polar surface area (TPSA) is 50.2 Å². The van der Waals surface area contributed by atoms with Gasteiger partial charge in [0.25, 0.3) is 5.56 Å². The van der Waals surface area contributed by atoms with Crippen LogP contribution in [0.5, 0.6) is 0 Å². The van der Waals surface area contributed by atoms with Crippen LogP contribution >= 0.6 is 11.6 Å². The molecule has 5 heteroatoms. The summed E-state index contributed by atoms with van der Waals surface area (Å²) < 4.78 is 1.91. The molecule has 0 saturated carbocycles. The third-order valence-corrected chi connectivity index (χ3v) is 5.11. The Hall–Kier alpha value is -2.85. The van der Waals surface area contributed by atoms with Crippen molar-refractivity contribution in [1.29, 1.82) is 0 Å². The lowest BCUT2D eigenvalue weighted by molar-refractivity contribution is 0.775. The first kappa shape index (κ1) is 14.5. The summed E-state index contributed by atoms with van der Waals surface area (Å²) in [5, 5.41) is 0.664. The van der Waals surface area contributed by atoms with Crippen LogP contribution in [0.15, 0.2) is 65.7 Å². The van der Waals surface area contributed by atoms with Crippen molar-refractivity contribution in [3.8, 4) is 11.3 Å². The Balaban J connectivity index is 1.80. The summed E-state index contributed by atoms with van der Waals surface area (Å²) in [6.45, 7) is 0. The average molecular weight is 348 g/mol. The molecule has 0 saturated heterocycles. The van der Waals surface area contributed by atoms with E-state index in [1.807, 2.05) is 40.9 Å². The molecular formula is C20H14ClN3O. The molecule has 1 aliphatic carbocycles. The van der Waals surface area contributed by atoms with Crippen LogP contribution in [-0.4, -0.2) is 14.4 Å². The Kier molecular flexibility index (Phi) is 3.09. The largest absolute Gasteiger partial charge is 0.317 e. The van der Waals surface area contributed by atoms with Gasteiger partial charge in [-0.1, -0.05) is 48.0 Å². The van der Waals surface area contributed by atoms with Crippen LogP contribution in [0.1, 0.15) is 22.7 Å². The van der Waals surface area contributed by atoms with E-state index in [4.69, 9.17) is 11.6 Å². The van der Waals surface area contributed by atoms with Gasteiger partial charge in [-0.2, -0.15) is 0 Å². The number of benzene rings is 2. The van der Waals surface area contributed by atoms with Crippen LogP contribution in [0.3, 0.4) is 0 Å². The van der Waals surface area contributed by atoms with E-state index in [1.54, 1.807) is 6.20 Å². The van der Waals surface area contributed by atoms with Gasteiger partial charge in [0, 0.05) is 28.9 Å². The number of fused-ring (bicyclic) bond motifs is 5. The molecule has 1 unspecified atom stereocenters. The van der Waals surface area contributed by atoms with E-state index >= 15 is 0 Å². The molecule has 1 aliphatic rings. The molecule has 122 valence electrons. The molecule has 4 aromatic rings. The zero-order valence-electron chi connectivity index (χ0n) is 13.2. The highest BCUT2D eigenvalue weighted by molar-refractivity contribution is 6.31. The third-order valence-electron chi connectivity index (χ3n) is 4.87. The first-order valence-electron chi connectivity index (χ1n) is 8.15. The number of aromatic amines is 1. The highest BCUT2D eigenvalue weighted by atomic mass is 35.5. The van der Waals surface area contributed by atoms with E-state index in [2.05, 4.69) is 28.2 Å². The van der Waals surface area contributed by atoms with Crippen LogP contribution in [0, 0.1) is 0 Å². The minimum absolute atomic E-state index is 0.137. The molecule has 2 heterocycles. The Morgan fingerprint density at radius 3 is 2.84 bits per heavy atom. The molecule has 2 aromatic heterocycles. The molecule has 1 N–H and O–H groups in total. The van der Waals surface area contributed by atoms with E-state index < -0.39 is 0 Å². The predicted octanol–water partition coefficient (Wildman–Crippen LogP) is 4.03. The maximum atomic E-state index is 12.4. The Bertz CT molecular complexity index is 1160. The van der Waals surface area contributed by atoms with Gasteiger partial charge >= 0.3 is 0 Å². The van der Waals surface area contributed by atoms with Crippen molar-refractivity contribution in [2.45, 2.75) is 12.3 Å². The molecular weight excluding hydrogens is 334 g/mol. The summed E-state index contributed by atoms with van der Waals surface area (Å²) in [7, 11) is 0. The minimum atomic E-state index is -0.185. The Labute approximate surface area is 148 Å². The molecule has 0 aliphatic heterocycles. The third kappa shape index (κ3) is 2.14. The molecule has 25 heavy (non-hydrogen) atoms. The van der Waals surface area contributed by atoms with Crippen molar-refractivity contribution in [1.82, 2.24) is 14.4 Å². The normalized spacial score (nSPS) is 15.3. The number of aromatic nitrogens is 3. The van der Waals surface area contributed by atoms with Crippen LogP contribution < -0.4 is 5.56 Å². The zero-order valence-corrected chi connectivity index (χ0v) is 14.0. The molecule has 4 nitrogen and oxygen atoms in total. The Morgan fingerprint density at radius 2 is 2.00 bits per heavy atom. The second-order valence-electron chi connectivity index (χ2n) is 6.31. The van der Waals surface area contributed by atoms with Crippen molar-refractivity contribution < 1.29 is 0 Å². The maximum absolute atomic E-state index is 12.4. The van der Waals surface area contributed by atoms with Crippen molar-refractivity contribution >= 4 is 17.2 Å². The van der Waals surface area contributed by atoms with Crippen LogP contribution in [-0.2, 0) is 6.42 Å². The number of imidazole rings is 1. The maximum Gasteiger partial charge on any atom is 0.292 e. The lowest BCUT2D eigenvalue weighted by Crippen LogP contribution is -2.15. The fraction of sp³-hybridized carbons (Fsp3) is 0.100. The van der Waals surface area contributed by atoms with Crippen molar-refractivity contribution in [3.63, 3.8) is 0 Å². The molecule has 0 fully saturated rings. The molecule has 5 rings (SSSR count). The van der Waals surface area contributed by atoms with Gasteiger partial charge in [0.2, 0.25) is 5.65 Å². The van der Waals surface area contributed by atoms with Crippen LogP contribution in [0.25, 0.3) is 16.9 Å². The first-order chi connectivity index (χ1) is 12.2. The average Bonchev–Trinajstić information content (AvgIpc) is 3.20. The van der Waals surface area contributed by atoms with Gasteiger partial charge in [0.15, 0.2) is 0 Å². The molecule has 1 atom stereocenters. The van der Waals surface area contributed by atoms with Gasteiger partial charge < -0.3 is 4.98 Å². The summed E-state index contributed by atoms with van der Waals surface area (Å²) in [6, 6.07) is 16.3. The van der Waals surface area contributed by atoms with Gasteiger partial charge in [-0.05, 0) is 29.7 Å². The van der Waals surface area contributed by atoms with E-state index in [-0.39, 0.29) is 11.5 Å². The number of nitrogens with zero attached hydrogens (tertiary/aromatic N) is 2. The number of H-pyrrole nitrogens is 1. The number of hydrogen-bond acceptors (Lipinski definition) is 2. The second kappa shape index (κ2) is 5.33. The van der Waals surface area contributed by atoms with Gasteiger partial charge in [0.1, 0.15) is 0 Å². The summed E-state index contributed by atoms with van der Waals surface area (Å²) >= 11 is 6.22.